The summed E-state index contributed by atoms with van der Waals surface area (Å²) in [6.45, 7) is 0.130. The number of rotatable bonds is 6. The number of hydrogen-bond donors (Lipinski definition) is 3. The summed E-state index contributed by atoms with van der Waals surface area (Å²) < 4.78 is 0. The first-order chi connectivity index (χ1) is 12.9. The van der Waals surface area contributed by atoms with Gasteiger partial charge in [-0.15, -0.1) is 0 Å². The van der Waals surface area contributed by atoms with Gasteiger partial charge in [0.05, 0.1) is 0 Å². The number of nitrogens with zero attached hydrogens (tertiary/aromatic N) is 1. The molecule has 1 spiro atoms. The van der Waals surface area contributed by atoms with Gasteiger partial charge in [0.25, 0.3) is 11.8 Å². The van der Waals surface area contributed by atoms with Crippen LogP contribution >= 0.6 is 0 Å². The van der Waals surface area contributed by atoms with E-state index in [0.29, 0.717) is 31.8 Å². The lowest BCUT2D eigenvalue weighted by Crippen LogP contribution is -2.47. The molecule has 0 unspecified atom stereocenters. The smallest absolute Gasteiger partial charge is 0.322 e. The molecule has 0 saturated heterocycles. The standard InChI is InChI=1S/C20H22N2O5/c23-15(24)9-21-18(26)16-17(25)20(7-8-20)11-22(19(16)27)10-12-1-3-13(4-2-12)14-5-6-14/h1-4,14,25H,5-11H2,(H,21,26)(H,23,24). The first kappa shape index (κ1) is 17.6. The zero-order chi connectivity index (χ0) is 19.2. The molecule has 0 bridgehead atoms. The van der Waals surface area contributed by atoms with Gasteiger partial charge in [-0.25, -0.2) is 0 Å². The van der Waals surface area contributed by atoms with Gasteiger partial charge in [-0.1, -0.05) is 24.3 Å². The third kappa shape index (κ3) is 3.41. The van der Waals surface area contributed by atoms with Crippen molar-refractivity contribution in [1.29, 1.82) is 0 Å². The fraction of sp³-hybridized carbons (Fsp3) is 0.450. The minimum absolute atomic E-state index is 0.198. The Morgan fingerprint density at radius 3 is 2.41 bits per heavy atom. The lowest BCUT2D eigenvalue weighted by molar-refractivity contribution is -0.139. The number of carbonyl (C=O) groups excluding carboxylic acids is 2. The molecule has 2 saturated carbocycles. The highest BCUT2D eigenvalue weighted by Crippen LogP contribution is 2.54. The van der Waals surface area contributed by atoms with Crippen molar-refractivity contribution in [2.45, 2.75) is 38.1 Å². The minimum atomic E-state index is -1.21. The van der Waals surface area contributed by atoms with E-state index in [9.17, 15) is 19.5 Å². The molecule has 7 heteroatoms. The van der Waals surface area contributed by atoms with Crippen LogP contribution in [0.5, 0.6) is 0 Å². The van der Waals surface area contributed by atoms with E-state index in [0.717, 1.165) is 5.56 Å². The Labute approximate surface area is 156 Å². The number of carboxylic acid groups (broad SMARTS) is 1. The second kappa shape index (κ2) is 6.40. The van der Waals surface area contributed by atoms with Crippen molar-refractivity contribution in [3.63, 3.8) is 0 Å². The molecule has 1 heterocycles. The third-order valence-electron chi connectivity index (χ3n) is 5.62. The third-order valence-corrected chi connectivity index (χ3v) is 5.62. The van der Waals surface area contributed by atoms with Crippen molar-refractivity contribution >= 4 is 17.8 Å². The normalized spacial score (nSPS) is 20.7. The zero-order valence-electron chi connectivity index (χ0n) is 14.9. The topological polar surface area (TPSA) is 107 Å². The maximum Gasteiger partial charge on any atom is 0.322 e. The Balaban J connectivity index is 1.53. The first-order valence-corrected chi connectivity index (χ1v) is 9.21. The van der Waals surface area contributed by atoms with Gasteiger partial charge in [0.15, 0.2) is 0 Å². The number of carbonyl (C=O) groups is 3. The lowest BCUT2D eigenvalue weighted by Gasteiger charge is -2.33. The van der Waals surface area contributed by atoms with E-state index in [1.807, 2.05) is 12.1 Å². The Kier molecular flexibility index (Phi) is 4.17. The van der Waals surface area contributed by atoms with E-state index >= 15 is 0 Å². The van der Waals surface area contributed by atoms with E-state index in [2.05, 4.69) is 17.4 Å². The maximum atomic E-state index is 12.8. The van der Waals surface area contributed by atoms with Gasteiger partial charge >= 0.3 is 5.97 Å². The number of aliphatic hydroxyl groups is 1. The van der Waals surface area contributed by atoms with Crippen LogP contribution in [0.3, 0.4) is 0 Å². The molecule has 142 valence electrons. The number of benzene rings is 1. The second-order valence-corrected chi connectivity index (χ2v) is 7.76. The van der Waals surface area contributed by atoms with E-state index < -0.39 is 29.7 Å². The Bertz CT molecular complexity index is 834. The highest BCUT2D eigenvalue weighted by molar-refractivity contribution is 6.19. The molecule has 2 fully saturated rings. The highest BCUT2D eigenvalue weighted by Gasteiger charge is 2.55. The predicted octanol–water partition coefficient (Wildman–Crippen LogP) is 1.70. The van der Waals surface area contributed by atoms with Gasteiger partial charge in [0, 0.05) is 18.5 Å². The average Bonchev–Trinajstić information content (AvgIpc) is 3.53. The Morgan fingerprint density at radius 2 is 1.85 bits per heavy atom. The van der Waals surface area contributed by atoms with Crippen LogP contribution in [0.1, 0.15) is 42.7 Å². The summed E-state index contributed by atoms with van der Waals surface area (Å²) in [5.74, 6) is -2.13. The lowest BCUT2D eigenvalue weighted by atomic mass is 9.92. The second-order valence-electron chi connectivity index (χ2n) is 7.76. The molecular weight excluding hydrogens is 348 g/mol. The van der Waals surface area contributed by atoms with Crippen molar-refractivity contribution < 1.29 is 24.6 Å². The van der Waals surface area contributed by atoms with Crippen LogP contribution in [0.4, 0.5) is 0 Å². The molecule has 3 aliphatic rings. The molecule has 0 radical (unpaired) electrons. The van der Waals surface area contributed by atoms with Crippen LogP contribution in [0, 0.1) is 5.41 Å². The molecule has 2 aliphatic carbocycles. The Morgan fingerprint density at radius 1 is 1.19 bits per heavy atom. The van der Waals surface area contributed by atoms with Crippen LogP contribution in [-0.2, 0) is 20.9 Å². The predicted molar refractivity (Wildman–Crippen MR) is 95.8 cm³/mol. The highest BCUT2D eigenvalue weighted by atomic mass is 16.4. The van der Waals surface area contributed by atoms with Crippen molar-refractivity contribution in [3.8, 4) is 0 Å². The summed E-state index contributed by atoms with van der Waals surface area (Å²) in [6.07, 6.45) is 3.87. The molecule has 2 amide bonds. The number of aliphatic hydroxyl groups excluding tert-OH is 1. The molecule has 1 aromatic rings. The van der Waals surface area contributed by atoms with Gasteiger partial charge in [-0.2, -0.15) is 0 Å². The minimum Gasteiger partial charge on any atom is -0.511 e. The summed E-state index contributed by atoms with van der Waals surface area (Å²) in [5, 5.41) is 21.4. The number of amides is 2. The summed E-state index contributed by atoms with van der Waals surface area (Å²) in [5.41, 5.74) is 1.40. The SMILES string of the molecule is O=C(O)CNC(=O)C1=C(O)C2(CC2)CN(Cc2ccc(C3CC3)cc2)C1=O. The number of hydrogen-bond acceptors (Lipinski definition) is 4. The zero-order valence-corrected chi connectivity index (χ0v) is 14.9. The summed E-state index contributed by atoms with van der Waals surface area (Å²) in [6, 6.07) is 8.18. The monoisotopic (exact) mass is 370 g/mol. The fourth-order valence-electron chi connectivity index (χ4n) is 3.69. The molecular formula is C20H22N2O5. The van der Waals surface area contributed by atoms with Crippen LogP contribution in [-0.4, -0.2) is 46.0 Å². The van der Waals surface area contributed by atoms with Crippen LogP contribution in [0.2, 0.25) is 0 Å². The van der Waals surface area contributed by atoms with E-state index in [-0.39, 0.29) is 11.3 Å². The Hall–Kier alpha value is -2.83. The molecule has 7 nitrogen and oxygen atoms in total. The first-order valence-electron chi connectivity index (χ1n) is 9.21. The molecule has 1 aromatic carbocycles. The molecule has 3 N–H and O–H groups in total. The fourth-order valence-corrected chi connectivity index (χ4v) is 3.69. The summed E-state index contributed by atoms with van der Waals surface area (Å²) in [7, 11) is 0. The van der Waals surface area contributed by atoms with Crippen molar-refractivity contribution in [2.75, 3.05) is 13.1 Å². The molecule has 0 atom stereocenters. The van der Waals surface area contributed by atoms with E-state index in [1.54, 1.807) is 4.90 Å². The van der Waals surface area contributed by atoms with E-state index in [4.69, 9.17) is 5.11 Å². The van der Waals surface area contributed by atoms with Gasteiger partial charge < -0.3 is 20.4 Å². The largest absolute Gasteiger partial charge is 0.511 e. The molecule has 1 aliphatic heterocycles. The number of aliphatic carboxylic acids is 1. The van der Waals surface area contributed by atoms with Gasteiger partial charge in [0.1, 0.15) is 17.9 Å². The molecule has 27 heavy (non-hydrogen) atoms. The quantitative estimate of drug-likeness (QED) is 0.661. The van der Waals surface area contributed by atoms with Crippen molar-refractivity contribution in [3.05, 3.63) is 46.7 Å². The van der Waals surface area contributed by atoms with Crippen molar-refractivity contribution in [1.82, 2.24) is 10.2 Å². The summed E-state index contributed by atoms with van der Waals surface area (Å²) in [4.78, 5) is 37.4. The van der Waals surface area contributed by atoms with Crippen molar-refractivity contribution in [2.24, 2.45) is 5.41 Å². The average molecular weight is 370 g/mol. The number of nitrogens with one attached hydrogen (secondary N) is 1. The van der Waals surface area contributed by atoms with Crippen LogP contribution < -0.4 is 5.32 Å². The maximum absolute atomic E-state index is 12.8. The van der Waals surface area contributed by atoms with Gasteiger partial charge in [-0.05, 0) is 42.7 Å². The van der Waals surface area contributed by atoms with Gasteiger partial charge in [-0.3, -0.25) is 14.4 Å². The number of carboxylic acids is 1. The molecule has 0 aromatic heterocycles. The van der Waals surface area contributed by atoms with Crippen LogP contribution in [0.15, 0.2) is 35.6 Å². The molecule has 4 rings (SSSR count). The van der Waals surface area contributed by atoms with Crippen LogP contribution in [0.25, 0.3) is 0 Å². The summed E-state index contributed by atoms with van der Waals surface area (Å²) >= 11 is 0. The van der Waals surface area contributed by atoms with E-state index in [1.165, 1.54) is 18.4 Å². The van der Waals surface area contributed by atoms with Gasteiger partial charge in [0.2, 0.25) is 0 Å².